The topological polar surface area (TPSA) is 114 Å². The highest BCUT2D eigenvalue weighted by Gasteiger charge is 2.17. The van der Waals surface area contributed by atoms with Gasteiger partial charge in [0.25, 0.3) is 5.56 Å². The van der Waals surface area contributed by atoms with Gasteiger partial charge in [0.05, 0.1) is 17.5 Å². The molecule has 0 fully saturated rings. The summed E-state index contributed by atoms with van der Waals surface area (Å²) in [7, 11) is 0. The first-order valence-electron chi connectivity index (χ1n) is 13.0. The summed E-state index contributed by atoms with van der Waals surface area (Å²) < 4.78 is 6.34. The first kappa shape index (κ1) is 26.1. The first-order chi connectivity index (χ1) is 18.9. The number of hydrogen-bond donors (Lipinski definition) is 2. The SMILES string of the molecule is CCCc1nc(C)n(-c2ccc(C(C)O)cc2)c(=O)c1Cc1ccc(-c2ccccc2-c2noc(=O)[nH]2)cc1. The quantitative estimate of drug-likeness (QED) is 0.291. The number of benzene rings is 3. The first-order valence-corrected chi connectivity index (χ1v) is 13.0. The summed E-state index contributed by atoms with van der Waals surface area (Å²) in [5, 5.41) is 13.7. The molecule has 0 aliphatic carbocycles. The van der Waals surface area contributed by atoms with E-state index in [-0.39, 0.29) is 5.56 Å². The molecule has 3 aromatic carbocycles. The number of aromatic amines is 1. The molecule has 0 radical (unpaired) electrons. The molecule has 0 amide bonds. The van der Waals surface area contributed by atoms with Crippen molar-refractivity contribution < 1.29 is 9.63 Å². The molecule has 2 N–H and O–H groups in total. The number of aromatic nitrogens is 4. The number of H-pyrrole nitrogens is 1. The van der Waals surface area contributed by atoms with E-state index in [2.05, 4.69) is 17.1 Å². The molecule has 5 aromatic rings. The van der Waals surface area contributed by atoms with Crippen molar-refractivity contribution in [3.8, 4) is 28.2 Å². The van der Waals surface area contributed by atoms with Crippen LogP contribution in [0.4, 0.5) is 0 Å². The van der Waals surface area contributed by atoms with Gasteiger partial charge in [0.1, 0.15) is 5.82 Å². The van der Waals surface area contributed by atoms with Crippen molar-refractivity contribution >= 4 is 0 Å². The predicted octanol–water partition coefficient (Wildman–Crippen LogP) is 5.15. The van der Waals surface area contributed by atoms with Crippen LogP contribution in [-0.4, -0.2) is 24.8 Å². The van der Waals surface area contributed by atoms with Gasteiger partial charge in [-0.15, -0.1) is 0 Å². The summed E-state index contributed by atoms with van der Waals surface area (Å²) in [5.41, 5.74) is 6.52. The van der Waals surface area contributed by atoms with Crippen molar-refractivity contribution in [3.63, 3.8) is 0 Å². The van der Waals surface area contributed by atoms with Crippen LogP contribution < -0.4 is 11.3 Å². The van der Waals surface area contributed by atoms with Gasteiger partial charge < -0.3 is 5.11 Å². The molecule has 198 valence electrons. The third-order valence-corrected chi connectivity index (χ3v) is 6.82. The van der Waals surface area contributed by atoms with Crippen LogP contribution in [-0.2, 0) is 12.8 Å². The fourth-order valence-corrected chi connectivity index (χ4v) is 4.84. The highest BCUT2D eigenvalue weighted by molar-refractivity contribution is 5.80. The zero-order chi connectivity index (χ0) is 27.5. The van der Waals surface area contributed by atoms with E-state index in [1.165, 1.54) is 0 Å². The molecule has 1 atom stereocenters. The molecule has 2 aromatic heterocycles. The number of nitrogens with zero attached hydrogens (tertiary/aromatic N) is 3. The molecular weight excluding hydrogens is 492 g/mol. The van der Waals surface area contributed by atoms with Crippen LogP contribution in [0.15, 0.2) is 86.9 Å². The van der Waals surface area contributed by atoms with E-state index in [1.54, 1.807) is 11.5 Å². The molecule has 0 spiro atoms. The van der Waals surface area contributed by atoms with E-state index in [9.17, 15) is 14.7 Å². The van der Waals surface area contributed by atoms with E-state index >= 15 is 0 Å². The van der Waals surface area contributed by atoms with Crippen LogP contribution in [0.2, 0.25) is 0 Å². The van der Waals surface area contributed by atoms with Gasteiger partial charge in [-0.1, -0.05) is 79.2 Å². The Hall–Kier alpha value is -4.56. The Balaban J connectivity index is 1.50. The van der Waals surface area contributed by atoms with Crippen molar-refractivity contribution in [3.05, 3.63) is 122 Å². The smallest absolute Gasteiger partial charge is 0.389 e. The van der Waals surface area contributed by atoms with Gasteiger partial charge in [-0.05, 0) is 54.7 Å². The number of aliphatic hydroxyl groups is 1. The van der Waals surface area contributed by atoms with Crippen LogP contribution >= 0.6 is 0 Å². The fraction of sp³-hybridized carbons (Fsp3) is 0.226. The molecule has 8 nitrogen and oxygen atoms in total. The van der Waals surface area contributed by atoms with E-state index < -0.39 is 11.9 Å². The minimum absolute atomic E-state index is 0.0832. The van der Waals surface area contributed by atoms with E-state index in [0.717, 1.165) is 45.6 Å². The number of aryl methyl sites for hydroxylation is 2. The molecule has 2 heterocycles. The summed E-state index contributed by atoms with van der Waals surface area (Å²) in [4.78, 5) is 32.8. The summed E-state index contributed by atoms with van der Waals surface area (Å²) in [6.07, 6.45) is 1.47. The van der Waals surface area contributed by atoms with Crippen molar-refractivity contribution in [2.24, 2.45) is 0 Å². The molecule has 0 bridgehead atoms. The summed E-state index contributed by atoms with van der Waals surface area (Å²) in [6, 6.07) is 23.0. The monoisotopic (exact) mass is 522 g/mol. The van der Waals surface area contributed by atoms with Gasteiger partial charge in [-0.3, -0.25) is 18.9 Å². The molecule has 0 saturated carbocycles. The maximum atomic E-state index is 13.8. The lowest BCUT2D eigenvalue weighted by Gasteiger charge is -2.16. The number of nitrogens with one attached hydrogen (secondary N) is 1. The van der Waals surface area contributed by atoms with E-state index in [1.807, 2.05) is 79.7 Å². The molecule has 0 aliphatic rings. The molecule has 0 saturated heterocycles. The second-order valence-electron chi connectivity index (χ2n) is 9.61. The Bertz CT molecular complexity index is 1710. The van der Waals surface area contributed by atoms with Gasteiger partial charge in [-0.2, -0.15) is 0 Å². The Kier molecular flexibility index (Phi) is 7.38. The second kappa shape index (κ2) is 11.0. The van der Waals surface area contributed by atoms with Crippen LogP contribution in [0.1, 0.15) is 54.6 Å². The van der Waals surface area contributed by atoms with Crippen LogP contribution in [0, 0.1) is 6.92 Å². The maximum absolute atomic E-state index is 13.8. The van der Waals surface area contributed by atoms with Crippen LogP contribution in [0.3, 0.4) is 0 Å². The normalized spacial score (nSPS) is 12.0. The molecule has 0 aliphatic heterocycles. The predicted molar refractivity (Wildman–Crippen MR) is 150 cm³/mol. The highest BCUT2D eigenvalue weighted by atomic mass is 16.5. The van der Waals surface area contributed by atoms with E-state index in [4.69, 9.17) is 9.51 Å². The average molecular weight is 523 g/mol. The fourth-order valence-electron chi connectivity index (χ4n) is 4.84. The van der Waals surface area contributed by atoms with Gasteiger partial charge in [0.15, 0.2) is 5.82 Å². The zero-order valence-electron chi connectivity index (χ0n) is 22.1. The lowest BCUT2D eigenvalue weighted by atomic mass is 9.96. The van der Waals surface area contributed by atoms with Crippen molar-refractivity contribution in [2.75, 3.05) is 0 Å². The maximum Gasteiger partial charge on any atom is 0.439 e. The van der Waals surface area contributed by atoms with E-state index in [0.29, 0.717) is 30.1 Å². The summed E-state index contributed by atoms with van der Waals surface area (Å²) in [5.74, 6) is 0.404. The van der Waals surface area contributed by atoms with Crippen LogP contribution in [0.25, 0.3) is 28.2 Å². The largest absolute Gasteiger partial charge is 0.439 e. The Labute approximate surface area is 225 Å². The lowest BCUT2D eigenvalue weighted by molar-refractivity contribution is 0.199. The molecule has 8 heteroatoms. The second-order valence-corrected chi connectivity index (χ2v) is 9.61. The third-order valence-electron chi connectivity index (χ3n) is 6.82. The van der Waals surface area contributed by atoms with Gasteiger partial charge in [0, 0.05) is 17.5 Å². The lowest BCUT2D eigenvalue weighted by Crippen LogP contribution is -2.28. The standard InChI is InChI=1S/C31H30N4O4/c1-4-7-28-27(30(37)35(20(3)32-28)24-16-14-22(15-17-24)19(2)36)18-21-10-12-23(13-11-21)25-8-5-6-9-26(25)29-33-31(38)39-34-29/h5-6,8-17,19,36H,4,7,18H2,1-3H3,(H,33,34,38). The average Bonchev–Trinajstić information content (AvgIpc) is 3.37. The van der Waals surface area contributed by atoms with Crippen molar-refractivity contribution in [1.29, 1.82) is 0 Å². The number of aliphatic hydroxyl groups excluding tert-OH is 1. The van der Waals surface area contributed by atoms with Crippen molar-refractivity contribution in [2.45, 2.75) is 46.1 Å². The molecular formula is C31H30N4O4. The summed E-state index contributed by atoms with van der Waals surface area (Å²) in [6.45, 7) is 5.64. The molecule has 5 rings (SSSR count). The Morgan fingerprint density at radius 2 is 1.67 bits per heavy atom. The number of rotatable bonds is 8. The highest BCUT2D eigenvalue weighted by Crippen LogP contribution is 2.30. The van der Waals surface area contributed by atoms with Crippen molar-refractivity contribution in [1.82, 2.24) is 19.7 Å². The van der Waals surface area contributed by atoms with Crippen LogP contribution in [0.5, 0.6) is 0 Å². The van der Waals surface area contributed by atoms with Gasteiger partial charge in [0.2, 0.25) is 0 Å². The Morgan fingerprint density at radius 1 is 0.974 bits per heavy atom. The zero-order valence-corrected chi connectivity index (χ0v) is 22.1. The molecule has 1 unspecified atom stereocenters. The minimum Gasteiger partial charge on any atom is -0.389 e. The third kappa shape index (κ3) is 5.37. The summed E-state index contributed by atoms with van der Waals surface area (Å²) >= 11 is 0. The van der Waals surface area contributed by atoms with Gasteiger partial charge in [-0.25, -0.2) is 9.78 Å². The number of hydrogen-bond acceptors (Lipinski definition) is 6. The minimum atomic E-state index is -0.603. The van der Waals surface area contributed by atoms with Gasteiger partial charge >= 0.3 is 5.76 Å². The Morgan fingerprint density at radius 3 is 2.28 bits per heavy atom. The molecule has 39 heavy (non-hydrogen) atoms.